The van der Waals surface area contributed by atoms with Crippen LogP contribution in [0.1, 0.15) is 23.6 Å². The van der Waals surface area contributed by atoms with Gasteiger partial charge in [-0.05, 0) is 49.2 Å². The second-order valence-electron chi connectivity index (χ2n) is 5.58. The predicted molar refractivity (Wildman–Crippen MR) is 88.9 cm³/mol. The largest absolute Gasteiger partial charge is 0.481 e. The SMILES string of the molecule is Cc1cccc(OC(C)C(=O)N(C)Cc2ccc(C#N)cc2)c1. The van der Waals surface area contributed by atoms with Crippen molar-refractivity contribution in [1.82, 2.24) is 4.90 Å². The van der Waals surface area contributed by atoms with Crippen molar-refractivity contribution in [3.63, 3.8) is 0 Å². The van der Waals surface area contributed by atoms with Crippen molar-refractivity contribution >= 4 is 5.91 Å². The molecule has 0 aliphatic carbocycles. The Morgan fingerprint density at radius 2 is 1.96 bits per heavy atom. The summed E-state index contributed by atoms with van der Waals surface area (Å²) in [6.07, 6.45) is -0.555. The minimum absolute atomic E-state index is 0.0872. The van der Waals surface area contributed by atoms with E-state index in [2.05, 4.69) is 6.07 Å². The van der Waals surface area contributed by atoms with Gasteiger partial charge in [0.1, 0.15) is 5.75 Å². The number of hydrogen-bond acceptors (Lipinski definition) is 3. The van der Waals surface area contributed by atoms with Crippen molar-refractivity contribution < 1.29 is 9.53 Å². The van der Waals surface area contributed by atoms with Gasteiger partial charge in [-0.2, -0.15) is 5.26 Å². The van der Waals surface area contributed by atoms with Crippen LogP contribution in [0.3, 0.4) is 0 Å². The molecule has 1 unspecified atom stereocenters. The molecular formula is C19H20N2O2. The first-order valence-corrected chi connectivity index (χ1v) is 7.47. The van der Waals surface area contributed by atoms with Crippen LogP contribution in [0.5, 0.6) is 5.75 Å². The Morgan fingerprint density at radius 3 is 2.57 bits per heavy atom. The van der Waals surface area contributed by atoms with Gasteiger partial charge < -0.3 is 9.64 Å². The predicted octanol–water partition coefficient (Wildman–Crippen LogP) is 3.29. The number of amides is 1. The molecule has 0 spiro atoms. The molecule has 2 aromatic rings. The summed E-state index contributed by atoms with van der Waals surface area (Å²) in [6, 6.07) is 16.9. The molecule has 0 bridgehead atoms. The Balaban J connectivity index is 1.96. The highest BCUT2D eigenvalue weighted by atomic mass is 16.5. The molecule has 2 rings (SSSR count). The van der Waals surface area contributed by atoms with Gasteiger partial charge in [-0.3, -0.25) is 4.79 Å². The normalized spacial score (nSPS) is 11.4. The molecule has 0 saturated heterocycles. The summed E-state index contributed by atoms with van der Waals surface area (Å²) in [6.45, 7) is 4.21. The zero-order chi connectivity index (χ0) is 16.8. The lowest BCUT2D eigenvalue weighted by molar-refractivity contribution is -0.137. The van der Waals surface area contributed by atoms with Gasteiger partial charge >= 0.3 is 0 Å². The van der Waals surface area contributed by atoms with E-state index in [1.54, 1.807) is 31.0 Å². The van der Waals surface area contributed by atoms with Crippen LogP contribution in [-0.2, 0) is 11.3 Å². The van der Waals surface area contributed by atoms with Crippen LogP contribution >= 0.6 is 0 Å². The van der Waals surface area contributed by atoms with E-state index >= 15 is 0 Å². The maximum Gasteiger partial charge on any atom is 0.263 e. The van der Waals surface area contributed by atoms with Gasteiger partial charge in [0.05, 0.1) is 11.6 Å². The van der Waals surface area contributed by atoms with Crippen molar-refractivity contribution in [1.29, 1.82) is 5.26 Å². The van der Waals surface area contributed by atoms with Crippen molar-refractivity contribution in [2.75, 3.05) is 7.05 Å². The van der Waals surface area contributed by atoms with Gasteiger partial charge in [-0.25, -0.2) is 0 Å². The van der Waals surface area contributed by atoms with Crippen molar-refractivity contribution in [3.05, 3.63) is 65.2 Å². The smallest absolute Gasteiger partial charge is 0.263 e. The molecule has 118 valence electrons. The van der Waals surface area contributed by atoms with Gasteiger partial charge in [0.2, 0.25) is 0 Å². The highest BCUT2D eigenvalue weighted by Crippen LogP contribution is 2.15. The number of benzene rings is 2. The molecule has 2 aromatic carbocycles. The Kier molecular flexibility index (Phi) is 5.37. The molecule has 0 saturated carbocycles. The van der Waals surface area contributed by atoms with Crippen LogP contribution in [-0.4, -0.2) is 24.0 Å². The molecule has 1 atom stereocenters. The number of ether oxygens (including phenoxy) is 1. The number of carbonyl (C=O) groups excluding carboxylic acids is 1. The number of rotatable bonds is 5. The van der Waals surface area contributed by atoms with Gasteiger partial charge in [-0.15, -0.1) is 0 Å². The van der Waals surface area contributed by atoms with Gasteiger partial charge in [0, 0.05) is 13.6 Å². The van der Waals surface area contributed by atoms with Crippen molar-refractivity contribution in [2.24, 2.45) is 0 Å². The van der Waals surface area contributed by atoms with E-state index in [-0.39, 0.29) is 5.91 Å². The molecule has 4 nitrogen and oxygen atoms in total. The van der Waals surface area contributed by atoms with E-state index in [1.807, 2.05) is 43.3 Å². The van der Waals surface area contributed by atoms with Crippen LogP contribution in [0.4, 0.5) is 0 Å². The molecule has 23 heavy (non-hydrogen) atoms. The van der Waals surface area contributed by atoms with Crippen molar-refractivity contribution in [3.8, 4) is 11.8 Å². The molecule has 0 radical (unpaired) electrons. The highest BCUT2D eigenvalue weighted by molar-refractivity contribution is 5.80. The average Bonchev–Trinajstić information content (AvgIpc) is 2.54. The van der Waals surface area contributed by atoms with E-state index in [0.29, 0.717) is 17.9 Å². The quantitative estimate of drug-likeness (QED) is 0.851. The maximum absolute atomic E-state index is 12.4. The van der Waals surface area contributed by atoms with Gasteiger partial charge in [0.25, 0.3) is 5.91 Å². The second kappa shape index (κ2) is 7.46. The molecule has 0 N–H and O–H groups in total. The number of hydrogen-bond donors (Lipinski definition) is 0. The first-order chi connectivity index (χ1) is 11.0. The second-order valence-corrected chi connectivity index (χ2v) is 5.58. The summed E-state index contributed by atoms with van der Waals surface area (Å²) in [5.41, 5.74) is 2.68. The van der Waals surface area contributed by atoms with Crippen LogP contribution in [0.2, 0.25) is 0 Å². The molecule has 0 aliphatic heterocycles. The van der Waals surface area contributed by atoms with Gasteiger partial charge in [0.15, 0.2) is 6.10 Å². The highest BCUT2D eigenvalue weighted by Gasteiger charge is 2.19. The van der Waals surface area contributed by atoms with E-state index in [4.69, 9.17) is 10.00 Å². The topological polar surface area (TPSA) is 53.3 Å². The zero-order valence-electron chi connectivity index (χ0n) is 13.6. The number of carbonyl (C=O) groups is 1. The van der Waals surface area contributed by atoms with Crippen molar-refractivity contribution in [2.45, 2.75) is 26.5 Å². The zero-order valence-corrected chi connectivity index (χ0v) is 13.6. The summed E-state index contributed by atoms with van der Waals surface area (Å²) in [7, 11) is 1.75. The Morgan fingerprint density at radius 1 is 1.26 bits per heavy atom. The lowest BCUT2D eigenvalue weighted by atomic mass is 10.1. The van der Waals surface area contributed by atoms with Crippen LogP contribution in [0, 0.1) is 18.3 Å². The van der Waals surface area contributed by atoms with Crippen LogP contribution in [0.25, 0.3) is 0 Å². The average molecular weight is 308 g/mol. The number of nitrogens with zero attached hydrogens (tertiary/aromatic N) is 2. The van der Waals surface area contributed by atoms with E-state index in [1.165, 1.54) is 0 Å². The monoisotopic (exact) mass is 308 g/mol. The lowest BCUT2D eigenvalue weighted by Gasteiger charge is -2.22. The number of aryl methyl sites for hydroxylation is 1. The minimum atomic E-state index is -0.555. The summed E-state index contributed by atoms with van der Waals surface area (Å²) in [5, 5.41) is 8.80. The van der Waals surface area contributed by atoms with E-state index in [9.17, 15) is 4.79 Å². The Bertz CT molecular complexity index is 717. The molecule has 1 amide bonds. The summed E-state index contributed by atoms with van der Waals surface area (Å²) in [4.78, 5) is 14.0. The third-order valence-electron chi connectivity index (χ3n) is 3.53. The molecular weight excluding hydrogens is 288 g/mol. The first-order valence-electron chi connectivity index (χ1n) is 7.47. The minimum Gasteiger partial charge on any atom is -0.481 e. The molecule has 0 aliphatic rings. The molecule has 0 heterocycles. The van der Waals surface area contributed by atoms with E-state index in [0.717, 1.165) is 11.1 Å². The first kappa shape index (κ1) is 16.6. The third kappa shape index (κ3) is 4.58. The summed E-state index contributed by atoms with van der Waals surface area (Å²) >= 11 is 0. The third-order valence-corrected chi connectivity index (χ3v) is 3.53. The molecule has 0 aromatic heterocycles. The fourth-order valence-corrected chi connectivity index (χ4v) is 2.29. The van der Waals surface area contributed by atoms with Crippen LogP contribution < -0.4 is 4.74 Å². The Labute approximate surface area is 136 Å². The summed E-state index contributed by atoms with van der Waals surface area (Å²) < 4.78 is 5.72. The summed E-state index contributed by atoms with van der Waals surface area (Å²) in [5.74, 6) is 0.605. The number of likely N-dealkylation sites (N-methyl/N-ethyl adjacent to an activating group) is 1. The Hall–Kier alpha value is -2.80. The fraction of sp³-hybridized carbons (Fsp3) is 0.263. The fourth-order valence-electron chi connectivity index (χ4n) is 2.29. The number of nitriles is 1. The van der Waals surface area contributed by atoms with Crippen LogP contribution in [0.15, 0.2) is 48.5 Å². The standard InChI is InChI=1S/C19H20N2O2/c1-14-5-4-6-18(11-14)23-15(2)19(22)21(3)13-17-9-7-16(12-20)8-10-17/h4-11,15H,13H2,1-3H3. The molecule has 0 fully saturated rings. The maximum atomic E-state index is 12.4. The van der Waals surface area contributed by atoms with E-state index < -0.39 is 6.10 Å². The lowest BCUT2D eigenvalue weighted by Crippen LogP contribution is -2.37. The van der Waals surface area contributed by atoms with Gasteiger partial charge in [-0.1, -0.05) is 24.3 Å². The molecule has 4 heteroatoms.